The number of benzene rings is 1. The van der Waals surface area contributed by atoms with Gasteiger partial charge in [0, 0.05) is 5.70 Å². The molecule has 0 amide bonds. The number of hydrogen-bond acceptors (Lipinski definition) is 8. The van der Waals surface area contributed by atoms with Crippen molar-refractivity contribution in [3.8, 4) is 11.5 Å². The van der Waals surface area contributed by atoms with Crippen molar-refractivity contribution in [2.24, 2.45) is 0 Å². The molecule has 1 aliphatic rings. The third-order valence-electron chi connectivity index (χ3n) is 3.89. The molecule has 3 rings (SSSR count). The first-order valence-corrected chi connectivity index (χ1v) is 8.06. The molecule has 1 unspecified atom stereocenters. The summed E-state index contributed by atoms with van der Waals surface area (Å²) in [5.74, 6) is 1.03. The van der Waals surface area contributed by atoms with Crippen LogP contribution in [0.1, 0.15) is 18.5 Å². The Balaban J connectivity index is 2.23. The number of rotatable bonds is 4. The van der Waals surface area contributed by atoms with Crippen molar-refractivity contribution in [1.29, 1.82) is 0 Å². The third kappa shape index (κ3) is 2.82. The normalized spacial score (nSPS) is 16.1. The number of aromatic nitrogens is 4. The van der Waals surface area contributed by atoms with Crippen LogP contribution in [-0.2, 0) is 9.53 Å². The first-order chi connectivity index (χ1) is 12.0. The molecule has 1 aliphatic heterocycles. The predicted octanol–water partition coefficient (Wildman–Crippen LogP) is 1.91. The van der Waals surface area contributed by atoms with Gasteiger partial charge in [-0.3, -0.25) is 0 Å². The van der Waals surface area contributed by atoms with Crippen molar-refractivity contribution in [1.82, 2.24) is 20.2 Å². The van der Waals surface area contributed by atoms with Crippen LogP contribution in [0.15, 0.2) is 27.9 Å². The zero-order chi connectivity index (χ0) is 18.1. The van der Waals surface area contributed by atoms with Crippen molar-refractivity contribution in [3.05, 3.63) is 33.4 Å². The van der Waals surface area contributed by atoms with Crippen LogP contribution < -0.4 is 14.8 Å². The Morgan fingerprint density at radius 3 is 2.68 bits per heavy atom. The van der Waals surface area contributed by atoms with Crippen LogP contribution in [0.2, 0.25) is 0 Å². The quantitative estimate of drug-likeness (QED) is 0.764. The first-order valence-electron chi connectivity index (χ1n) is 7.27. The second-order valence-electron chi connectivity index (χ2n) is 5.24. The molecule has 10 heteroatoms. The van der Waals surface area contributed by atoms with Crippen molar-refractivity contribution in [2.45, 2.75) is 13.0 Å². The fraction of sp³-hybridized carbons (Fsp3) is 0.333. The molecule has 0 bridgehead atoms. The number of allylic oxidation sites excluding steroid dienone is 1. The maximum absolute atomic E-state index is 12.4. The van der Waals surface area contributed by atoms with Gasteiger partial charge in [0.05, 0.1) is 31.4 Å². The standard InChI is InChI=1S/C15H16BrN5O4/c1-7-11(14(22)25-4)12(21-15(17-7)18-19-20-21)8-5-9(16)13(24-3)10(6-8)23-2/h5-6,12H,1-4H3,(H,17,18,20). The minimum Gasteiger partial charge on any atom is -0.493 e. The lowest BCUT2D eigenvalue weighted by Gasteiger charge is -2.27. The number of tetrazole rings is 1. The maximum atomic E-state index is 12.4. The maximum Gasteiger partial charge on any atom is 0.338 e. The van der Waals surface area contributed by atoms with E-state index >= 15 is 0 Å². The zero-order valence-electron chi connectivity index (χ0n) is 14.0. The fourth-order valence-electron chi connectivity index (χ4n) is 2.79. The molecule has 1 N–H and O–H groups in total. The Morgan fingerprint density at radius 1 is 1.28 bits per heavy atom. The molecule has 0 saturated carbocycles. The van der Waals surface area contributed by atoms with Gasteiger partial charge in [0.25, 0.3) is 0 Å². The lowest BCUT2D eigenvalue weighted by atomic mass is 9.95. The van der Waals surface area contributed by atoms with Crippen LogP contribution in [0, 0.1) is 0 Å². The summed E-state index contributed by atoms with van der Waals surface area (Å²) < 4.78 is 17.9. The van der Waals surface area contributed by atoms with Gasteiger partial charge in [0.15, 0.2) is 11.5 Å². The van der Waals surface area contributed by atoms with E-state index in [1.807, 2.05) is 6.07 Å². The van der Waals surface area contributed by atoms with Gasteiger partial charge >= 0.3 is 5.97 Å². The number of nitrogens with one attached hydrogen (secondary N) is 1. The molecule has 0 saturated heterocycles. The number of halogens is 1. The number of ether oxygens (including phenoxy) is 3. The van der Waals surface area contributed by atoms with Crippen LogP contribution in [0.4, 0.5) is 5.95 Å². The average molecular weight is 410 g/mol. The Kier molecular flexibility index (Phi) is 4.62. The summed E-state index contributed by atoms with van der Waals surface area (Å²) in [7, 11) is 4.43. The van der Waals surface area contributed by atoms with Gasteiger partial charge in [-0.25, -0.2) is 4.79 Å². The summed E-state index contributed by atoms with van der Waals surface area (Å²) in [6.07, 6.45) is 0. The second-order valence-corrected chi connectivity index (χ2v) is 6.10. The summed E-state index contributed by atoms with van der Waals surface area (Å²) in [5.41, 5.74) is 1.76. The highest BCUT2D eigenvalue weighted by molar-refractivity contribution is 9.10. The Morgan fingerprint density at radius 2 is 2.04 bits per heavy atom. The van der Waals surface area contributed by atoms with Gasteiger partial charge in [-0.2, -0.15) is 4.68 Å². The van der Waals surface area contributed by atoms with Crippen LogP contribution in [0.25, 0.3) is 0 Å². The molecule has 0 fully saturated rings. The van der Waals surface area contributed by atoms with E-state index in [1.54, 1.807) is 27.2 Å². The predicted molar refractivity (Wildman–Crippen MR) is 91.5 cm³/mol. The lowest BCUT2D eigenvalue weighted by molar-refractivity contribution is -0.136. The summed E-state index contributed by atoms with van der Waals surface area (Å²) in [4.78, 5) is 12.4. The molecular formula is C15H16BrN5O4. The van der Waals surface area contributed by atoms with E-state index in [2.05, 4.69) is 36.8 Å². The number of anilines is 1. The molecule has 0 aliphatic carbocycles. The zero-order valence-corrected chi connectivity index (χ0v) is 15.6. The molecule has 2 heterocycles. The minimum absolute atomic E-state index is 0.404. The van der Waals surface area contributed by atoms with Crippen LogP contribution in [0.3, 0.4) is 0 Å². The summed E-state index contributed by atoms with van der Waals surface area (Å²) >= 11 is 3.47. The van der Waals surface area contributed by atoms with Gasteiger partial charge in [-0.05, 0) is 51.0 Å². The van der Waals surface area contributed by atoms with Crippen LogP contribution >= 0.6 is 15.9 Å². The number of carbonyl (C=O) groups is 1. The van der Waals surface area contributed by atoms with E-state index in [1.165, 1.54) is 11.8 Å². The van der Waals surface area contributed by atoms with Gasteiger partial charge in [0.1, 0.15) is 6.04 Å². The topological polar surface area (TPSA) is 100 Å². The third-order valence-corrected chi connectivity index (χ3v) is 4.48. The van der Waals surface area contributed by atoms with Crippen molar-refractivity contribution in [3.63, 3.8) is 0 Å². The summed E-state index contributed by atoms with van der Waals surface area (Å²) in [6.45, 7) is 1.77. The SMILES string of the molecule is COC(=O)C1=C(C)Nc2nnnn2C1c1cc(Br)c(OC)c(OC)c1. The van der Waals surface area contributed by atoms with Crippen molar-refractivity contribution >= 4 is 27.8 Å². The Hall–Kier alpha value is -2.62. The molecule has 1 aromatic heterocycles. The molecule has 9 nitrogen and oxygen atoms in total. The number of fused-ring (bicyclic) bond motifs is 1. The minimum atomic E-state index is -0.574. The monoisotopic (exact) mass is 409 g/mol. The van der Waals surface area contributed by atoms with Crippen LogP contribution in [-0.4, -0.2) is 47.5 Å². The van der Waals surface area contributed by atoms with Crippen molar-refractivity contribution in [2.75, 3.05) is 26.6 Å². The summed E-state index contributed by atoms with van der Waals surface area (Å²) in [5, 5.41) is 14.6. The van der Waals surface area contributed by atoms with E-state index in [0.717, 1.165) is 5.56 Å². The van der Waals surface area contributed by atoms with Crippen LogP contribution in [0.5, 0.6) is 11.5 Å². The first kappa shape index (κ1) is 17.2. The highest BCUT2D eigenvalue weighted by Gasteiger charge is 2.35. The number of esters is 1. The number of carbonyl (C=O) groups excluding carboxylic acids is 1. The molecule has 1 aromatic carbocycles. The largest absolute Gasteiger partial charge is 0.493 e. The molecule has 2 aromatic rings. The smallest absolute Gasteiger partial charge is 0.338 e. The van der Waals surface area contributed by atoms with Crippen molar-refractivity contribution < 1.29 is 19.0 Å². The average Bonchev–Trinajstić information content (AvgIpc) is 3.06. The number of hydrogen-bond donors (Lipinski definition) is 1. The van der Waals surface area contributed by atoms with Gasteiger partial charge in [0.2, 0.25) is 5.95 Å². The molecule has 0 radical (unpaired) electrons. The Bertz CT molecular complexity index is 864. The molecule has 0 spiro atoms. The van der Waals surface area contributed by atoms with E-state index in [0.29, 0.717) is 33.2 Å². The molecule has 1 atom stereocenters. The number of nitrogens with zero attached hydrogens (tertiary/aromatic N) is 4. The van der Waals surface area contributed by atoms with E-state index < -0.39 is 12.0 Å². The molecule has 25 heavy (non-hydrogen) atoms. The second kappa shape index (κ2) is 6.71. The number of methoxy groups -OCH3 is 3. The van der Waals surface area contributed by atoms with E-state index in [4.69, 9.17) is 14.2 Å². The molecule has 132 valence electrons. The highest BCUT2D eigenvalue weighted by Crippen LogP contribution is 2.42. The van der Waals surface area contributed by atoms with Gasteiger partial charge in [-0.15, -0.1) is 0 Å². The lowest BCUT2D eigenvalue weighted by Crippen LogP contribution is -2.29. The highest BCUT2D eigenvalue weighted by atomic mass is 79.9. The Labute approximate surface area is 152 Å². The fourth-order valence-corrected chi connectivity index (χ4v) is 3.41. The van der Waals surface area contributed by atoms with E-state index in [-0.39, 0.29) is 0 Å². The van der Waals surface area contributed by atoms with E-state index in [9.17, 15) is 4.79 Å². The summed E-state index contributed by atoms with van der Waals surface area (Å²) in [6, 6.07) is 3.04. The van der Waals surface area contributed by atoms with Gasteiger partial charge in [-0.1, -0.05) is 5.10 Å². The van der Waals surface area contributed by atoms with Gasteiger partial charge < -0.3 is 19.5 Å². The molecular weight excluding hydrogens is 394 g/mol.